The van der Waals surface area contributed by atoms with Crippen LogP contribution in [0.25, 0.3) is 11.0 Å². The highest BCUT2D eigenvalue weighted by molar-refractivity contribution is 5.88. The van der Waals surface area contributed by atoms with E-state index in [0.29, 0.717) is 37.5 Å². The van der Waals surface area contributed by atoms with Gasteiger partial charge < -0.3 is 18.9 Å². The van der Waals surface area contributed by atoms with E-state index in [4.69, 9.17) is 14.5 Å². The first kappa shape index (κ1) is 22.8. The van der Waals surface area contributed by atoms with E-state index in [1.54, 1.807) is 17.9 Å². The van der Waals surface area contributed by atoms with Crippen LogP contribution in [0.15, 0.2) is 18.3 Å². The van der Waals surface area contributed by atoms with Crippen molar-refractivity contribution in [3.05, 3.63) is 40.8 Å². The molecule has 1 fully saturated rings. The van der Waals surface area contributed by atoms with Crippen molar-refractivity contribution in [1.29, 1.82) is 0 Å². The zero-order chi connectivity index (χ0) is 23.7. The van der Waals surface area contributed by atoms with Gasteiger partial charge in [-0.15, -0.1) is 5.10 Å². The zero-order valence-electron chi connectivity index (χ0n) is 19.9. The van der Waals surface area contributed by atoms with E-state index < -0.39 is 0 Å². The molecule has 1 aliphatic heterocycles. The molecule has 1 saturated heterocycles. The maximum absolute atomic E-state index is 13.0. The van der Waals surface area contributed by atoms with Crippen molar-refractivity contribution >= 4 is 22.9 Å². The number of hydrogen-bond acceptors (Lipinski definition) is 6. The van der Waals surface area contributed by atoms with Crippen molar-refractivity contribution in [2.75, 3.05) is 27.3 Å². The van der Waals surface area contributed by atoms with Crippen LogP contribution in [-0.2, 0) is 23.0 Å². The number of carbonyl (C=O) groups excluding carboxylic acids is 2. The van der Waals surface area contributed by atoms with E-state index in [-0.39, 0.29) is 17.9 Å². The lowest BCUT2D eigenvalue weighted by Crippen LogP contribution is -2.39. The predicted octanol–water partition coefficient (Wildman–Crippen LogP) is 2.98. The van der Waals surface area contributed by atoms with E-state index in [1.165, 1.54) is 7.11 Å². The fourth-order valence-electron chi connectivity index (χ4n) is 4.88. The number of methoxy groups -OCH3 is 2. The van der Waals surface area contributed by atoms with Crippen LogP contribution in [0.2, 0.25) is 0 Å². The van der Waals surface area contributed by atoms with Gasteiger partial charge in [-0.1, -0.05) is 0 Å². The third kappa shape index (κ3) is 4.19. The van der Waals surface area contributed by atoms with Gasteiger partial charge >= 0.3 is 5.97 Å². The molecule has 0 saturated carbocycles. The molecule has 3 aromatic rings. The number of piperidine rings is 1. The lowest BCUT2D eigenvalue weighted by atomic mass is 9.99. The summed E-state index contributed by atoms with van der Waals surface area (Å²) in [4.78, 5) is 31.6. The zero-order valence-corrected chi connectivity index (χ0v) is 19.9. The van der Waals surface area contributed by atoms with E-state index in [0.717, 1.165) is 40.7 Å². The fourth-order valence-corrected chi connectivity index (χ4v) is 4.88. The summed E-state index contributed by atoms with van der Waals surface area (Å²) in [5.74, 6) is 0.370. The smallest absolute Gasteiger partial charge is 0.354 e. The number of carbonyl (C=O) groups is 2. The summed E-state index contributed by atoms with van der Waals surface area (Å²) in [6, 6.07) is 3.82. The lowest BCUT2D eigenvalue weighted by Gasteiger charge is -2.33. The Labute approximate surface area is 193 Å². The lowest BCUT2D eigenvalue weighted by molar-refractivity contribution is -0.132. The second-order valence-electron chi connectivity index (χ2n) is 8.54. The van der Waals surface area contributed by atoms with Crippen LogP contribution in [-0.4, -0.2) is 63.4 Å². The van der Waals surface area contributed by atoms with Crippen molar-refractivity contribution in [3.63, 3.8) is 0 Å². The minimum absolute atomic E-state index is 0.145. The molecule has 176 valence electrons. The second-order valence-corrected chi connectivity index (χ2v) is 8.54. The van der Waals surface area contributed by atoms with Gasteiger partial charge in [-0.2, -0.15) is 0 Å². The topological polar surface area (TPSA) is 91.5 Å². The summed E-state index contributed by atoms with van der Waals surface area (Å²) in [5, 5.41) is 5.30. The third-order valence-corrected chi connectivity index (χ3v) is 6.69. The summed E-state index contributed by atoms with van der Waals surface area (Å²) in [6.45, 7) is 5.37. The summed E-state index contributed by atoms with van der Waals surface area (Å²) in [6.07, 6.45) is 4.59. The van der Waals surface area contributed by atoms with Gasteiger partial charge in [0.2, 0.25) is 11.8 Å². The van der Waals surface area contributed by atoms with Crippen LogP contribution >= 0.6 is 0 Å². The number of nitrogens with zero attached hydrogens (tertiary/aromatic N) is 5. The van der Waals surface area contributed by atoms with Gasteiger partial charge in [-0.25, -0.2) is 14.5 Å². The largest absolute Gasteiger partial charge is 0.479 e. The van der Waals surface area contributed by atoms with Crippen molar-refractivity contribution in [2.24, 2.45) is 7.05 Å². The Hall–Kier alpha value is -3.36. The summed E-state index contributed by atoms with van der Waals surface area (Å²) >= 11 is 0. The number of ether oxygens (including phenoxy) is 2. The Morgan fingerprint density at radius 2 is 1.91 bits per heavy atom. The van der Waals surface area contributed by atoms with Gasteiger partial charge in [0, 0.05) is 44.5 Å². The van der Waals surface area contributed by atoms with Crippen molar-refractivity contribution < 1.29 is 19.1 Å². The molecule has 9 heteroatoms. The van der Waals surface area contributed by atoms with Gasteiger partial charge in [0.25, 0.3) is 0 Å². The minimum atomic E-state index is -0.333. The molecule has 0 radical (unpaired) electrons. The second kappa shape index (κ2) is 9.25. The molecule has 0 N–H and O–H groups in total. The number of aromatic nitrogens is 4. The summed E-state index contributed by atoms with van der Waals surface area (Å²) < 4.78 is 14.0. The van der Waals surface area contributed by atoms with Gasteiger partial charge in [0.1, 0.15) is 5.69 Å². The average molecular weight is 454 g/mol. The van der Waals surface area contributed by atoms with Crippen LogP contribution in [0, 0.1) is 13.8 Å². The molecule has 0 aliphatic carbocycles. The van der Waals surface area contributed by atoms with E-state index in [2.05, 4.69) is 5.10 Å². The highest BCUT2D eigenvalue weighted by atomic mass is 16.5. The number of fused-ring (bicyclic) bond motifs is 1. The Morgan fingerprint density at radius 1 is 1.18 bits per heavy atom. The monoisotopic (exact) mass is 453 g/mol. The predicted molar refractivity (Wildman–Crippen MR) is 123 cm³/mol. The number of amides is 1. The molecule has 4 heterocycles. The normalized spacial score (nSPS) is 14.6. The Bertz CT molecular complexity index is 1190. The maximum Gasteiger partial charge on any atom is 0.354 e. The van der Waals surface area contributed by atoms with Gasteiger partial charge in [-0.3, -0.25) is 4.79 Å². The Morgan fingerprint density at radius 3 is 2.58 bits per heavy atom. The molecule has 0 unspecified atom stereocenters. The number of pyridine rings is 1. The van der Waals surface area contributed by atoms with Gasteiger partial charge in [0.05, 0.1) is 19.6 Å². The molecule has 4 rings (SSSR count). The first-order chi connectivity index (χ1) is 15.8. The highest BCUT2D eigenvalue weighted by Gasteiger charge is 2.26. The summed E-state index contributed by atoms with van der Waals surface area (Å²) in [7, 11) is 4.85. The van der Waals surface area contributed by atoms with Crippen molar-refractivity contribution in [1.82, 2.24) is 24.2 Å². The number of esters is 1. The van der Waals surface area contributed by atoms with Gasteiger partial charge in [0.15, 0.2) is 5.65 Å². The highest BCUT2D eigenvalue weighted by Crippen LogP contribution is 2.31. The molecule has 9 nitrogen and oxygen atoms in total. The molecular formula is C24H31N5O4. The molecule has 0 bridgehead atoms. The van der Waals surface area contributed by atoms with Crippen molar-refractivity contribution in [3.8, 4) is 5.88 Å². The fraction of sp³-hybridized carbons (Fsp3) is 0.500. The van der Waals surface area contributed by atoms with Crippen LogP contribution in [0.3, 0.4) is 0 Å². The molecule has 0 spiro atoms. The molecule has 1 amide bonds. The van der Waals surface area contributed by atoms with Crippen LogP contribution < -0.4 is 4.74 Å². The first-order valence-electron chi connectivity index (χ1n) is 11.2. The van der Waals surface area contributed by atoms with E-state index in [9.17, 15) is 9.59 Å². The van der Waals surface area contributed by atoms with E-state index >= 15 is 0 Å². The van der Waals surface area contributed by atoms with Crippen LogP contribution in [0.5, 0.6) is 5.88 Å². The molecule has 0 aromatic carbocycles. The molecule has 3 aromatic heterocycles. The molecule has 33 heavy (non-hydrogen) atoms. The number of likely N-dealkylation sites (tertiary alicyclic amines) is 1. The molecular weight excluding hydrogens is 422 g/mol. The average Bonchev–Trinajstić information content (AvgIpc) is 3.43. The minimum Gasteiger partial charge on any atom is -0.479 e. The third-order valence-electron chi connectivity index (χ3n) is 6.69. The van der Waals surface area contributed by atoms with E-state index in [1.807, 2.05) is 42.6 Å². The van der Waals surface area contributed by atoms with Crippen LogP contribution in [0.4, 0.5) is 0 Å². The molecule has 0 atom stereocenters. The number of rotatable bonds is 6. The first-order valence-corrected chi connectivity index (χ1v) is 11.2. The number of hydrogen-bond donors (Lipinski definition) is 0. The Kier molecular flexibility index (Phi) is 6.40. The quantitative estimate of drug-likeness (QED) is 0.533. The Balaban J connectivity index is 1.41. The van der Waals surface area contributed by atoms with Crippen molar-refractivity contribution in [2.45, 2.75) is 45.6 Å². The number of aryl methyl sites for hydroxylation is 3. The maximum atomic E-state index is 13.0. The van der Waals surface area contributed by atoms with Gasteiger partial charge in [-0.05, 0) is 56.4 Å². The summed E-state index contributed by atoms with van der Waals surface area (Å²) in [5.41, 5.74) is 4.40. The molecule has 1 aliphatic rings. The standard InChI is InChI=1S/C24H31N5O4/c1-15-18(16(2)25-22-21(15)23(32-4)26-27(22)3)8-9-20(30)28-13-10-17(11-14-28)29-12-6-7-19(29)24(31)33-5/h6-7,12,17H,8-11,13-14H2,1-5H3. The SMILES string of the molecule is COC(=O)c1cccn1C1CCN(C(=O)CCc2c(C)nc3c(c(OC)nn3C)c2C)CC1. The van der Waals surface area contributed by atoms with Crippen LogP contribution in [0.1, 0.15) is 52.6 Å².